The van der Waals surface area contributed by atoms with Crippen LogP contribution in [0.4, 0.5) is 11.6 Å². The average Bonchev–Trinajstić information content (AvgIpc) is 1.56. The summed E-state index contributed by atoms with van der Waals surface area (Å²) in [6, 6.07) is 43.2. The van der Waals surface area contributed by atoms with Gasteiger partial charge in [0.2, 0.25) is 0 Å². The second-order valence-corrected chi connectivity index (χ2v) is 26.0. The first-order chi connectivity index (χ1) is 42.9. The number of unbranched alkanes of at least 4 members (excludes halogenated alkanes) is 6. The predicted molar refractivity (Wildman–Crippen MR) is 354 cm³/mol. The maximum absolute atomic E-state index is 8.09. The van der Waals surface area contributed by atoms with Gasteiger partial charge >= 0.3 is 8.88 Å². The third kappa shape index (κ3) is 9.59. The van der Waals surface area contributed by atoms with Gasteiger partial charge in [-0.25, -0.2) is 20.0 Å². The van der Waals surface area contributed by atoms with Crippen LogP contribution in [0.1, 0.15) is 153 Å². The van der Waals surface area contributed by atoms with Crippen LogP contribution in [0, 0.1) is 0 Å². The van der Waals surface area contributed by atoms with E-state index in [2.05, 4.69) is 182 Å². The third-order valence-corrected chi connectivity index (χ3v) is 20.7. The van der Waals surface area contributed by atoms with Crippen LogP contribution in [0.5, 0.6) is 23.0 Å². The van der Waals surface area contributed by atoms with Gasteiger partial charge in [0.15, 0.2) is 5.84 Å². The van der Waals surface area contributed by atoms with Crippen LogP contribution in [0.15, 0.2) is 141 Å². The largest absolute Gasteiger partial charge is 0.603 e. The molecule has 8 aromatic carbocycles. The highest BCUT2D eigenvalue weighted by Crippen LogP contribution is 2.52. The van der Waals surface area contributed by atoms with E-state index in [-0.39, 0.29) is 0 Å². The number of anilines is 1. The molecule has 4 aliphatic rings. The fourth-order valence-electron chi connectivity index (χ4n) is 13.1. The summed E-state index contributed by atoms with van der Waals surface area (Å²) in [5.74, 6) is 5.51. The molecule has 15 heteroatoms. The van der Waals surface area contributed by atoms with Gasteiger partial charge < -0.3 is 38.4 Å². The lowest BCUT2D eigenvalue weighted by molar-refractivity contribution is 0.144. The van der Waals surface area contributed by atoms with Crippen LogP contribution in [0.2, 0.25) is 0 Å². The summed E-state index contributed by atoms with van der Waals surface area (Å²) in [5, 5.41) is 19.6. The minimum Gasteiger partial charge on any atom is -0.492 e. The Morgan fingerprint density at radius 2 is 0.851 bits per heavy atom. The van der Waals surface area contributed by atoms with Gasteiger partial charge in [0.05, 0.1) is 48.3 Å². The number of nitrogens with zero attached hydrogens (tertiary/aromatic N) is 6. The van der Waals surface area contributed by atoms with Crippen LogP contribution in [0.3, 0.4) is 0 Å². The molecule has 0 spiro atoms. The van der Waals surface area contributed by atoms with Gasteiger partial charge in [0, 0.05) is 56.7 Å². The number of hydrogen-bond donors (Lipinski definition) is 2. The molecule has 87 heavy (non-hydrogen) atoms. The van der Waals surface area contributed by atoms with Gasteiger partial charge in [-0.2, -0.15) is 0 Å². The summed E-state index contributed by atoms with van der Waals surface area (Å²) in [4.78, 5) is 24.2. The van der Waals surface area contributed by atoms with Crippen molar-refractivity contribution in [3.8, 4) is 23.0 Å². The predicted octanol–water partition coefficient (Wildman–Crippen LogP) is 16.2. The summed E-state index contributed by atoms with van der Waals surface area (Å²) in [6.07, 6.45) is 9.29. The second kappa shape index (κ2) is 24.1. The molecule has 0 amide bonds. The Morgan fingerprint density at radius 3 is 1.39 bits per heavy atom. The molecule has 14 rings (SSSR count). The second-order valence-electron chi connectivity index (χ2n) is 23.5. The normalized spacial score (nSPS) is 17.4. The Bertz CT molecular complexity index is 4500. The molecule has 6 heterocycles. The van der Waals surface area contributed by atoms with Crippen LogP contribution < -0.4 is 40.6 Å². The van der Waals surface area contributed by atoms with Crippen LogP contribution in [-0.4, -0.2) is 68.7 Å². The van der Waals surface area contributed by atoms with Crippen LogP contribution in [-0.2, 0) is 8.85 Å². The topological polar surface area (TPSA) is 139 Å². The van der Waals surface area contributed by atoms with Crippen LogP contribution in [0.25, 0.3) is 64.6 Å². The van der Waals surface area contributed by atoms with Crippen molar-refractivity contribution in [2.45, 2.75) is 131 Å². The van der Waals surface area contributed by atoms with Gasteiger partial charge in [-0.05, 0) is 84.3 Å². The molecule has 10 aromatic rings. The third-order valence-electron chi connectivity index (χ3n) is 17.5. The van der Waals surface area contributed by atoms with Gasteiger partial charge in [0.1, 0.15) is 63.8 Å². The van der Waals surface area contributed by atoms with E-state index in [0.29, 0.717) is 73.9 Å². The van der Waals surface area contributed by atoms with Crippen LogP contribution >= 0.6 is 0 Å². The van der Waals surface area contributed by atoms with Crippen molar-refractivity contribution in [2.24, 2.45) is 20.0 Å². The summed E-state index contributed by atoms with van der Waals surface area (Å²) in [5.41, 5.74) is 4.79. The lowest BCUT2D eigenvalue weighted by Gasteiger charge is -2.35. The van der Waals surface area contributed by atoms with Crippen molar-refractivity contribution in [2.75, 3.05) is 45.0 Å². The summed E-state index contributed by atoms with van der Waals surface area (Å²) in [7, 11) is -4.51. The number of fused-ring (bicyclic) bond motifs is 19. The molecule has 2 unspecified atom stereocenters. The lowest BCUT2D eigenvalue weighted by Crippen LogP contribution is -2.64. The molecule has 2 atom stereocenters. The van der Waals surface area contributed by atoms with Crippen molar-refractivity contribution in [3.05, 3.63) is 155 Å². The molecule has 6 bridgehead atoms. The lowest BCUT2D eigenvalue weighted by atomic mass is 9.98. The van der Waals surface area contributed by atoms with E-state index in [9.17, 15) is 0 Å². The van der Waals surface area contributed by atoms with E-state index in [1.54, 1.807) is 0 Å². The zero-order valence-corrected chi connectivity index (χ0v) is 52.1. The van der Waals surface area contributed by atoms with E-state index < -0.39 is 21.2 Å². The Hall–Kier alpha value is -8.24. The SMILES string of the molecule is CCCCOc1c2c(cc3ccccc13)C1N=C2/N=c2/c3cc4ccccc4c(OCCCC)c3/c3n2[Si](OCCCC)(OCCCC)n2c(c4cc5ccccc5c(OCCCC)c4c2N1)/N=C1\NC(/N=3)c2cc3ccccc3c(OCCCC)c21. The number of aliphatic imine (C=N–C) groups is 2. The highest BCUT2D eigenvalue weighted by Gasteiger charge is 2.54. The maximum atomic E-state index is 8.09. The first-order valence-corrected chi connectivity index (χ1v) is 33.9. The van der Waals surface area contributed by atoms with E-state index >= 15 is 0 Å². The molecule has 2 N–H and O–H groups in total. The van der Waals surface area contributed by atoms with E-state index in [1.807, 2.05) is 0 Å². The number of nitrogens with one attached hydrogen (secondary N) is 2. The molecule has 0 saturated carbocycles. The summed E-state index contributed by atoms with van der Waals surface area (Å²) < 4.78 is 49.6. The fourth-order valence-corrected chi connectivity index (χ4v) is 16.5. The monoisotopic (exact) mass is 1180 g/mol. The Labute approximate surface area is 509 Å². The number of aromatic nitrogens is 2. The smallest absolute Gasteiger partial charge is 0.492 e. The minimum absolute atomic E-state index is 0.365. The standard InChI is InChI=1S/C72H78N8O6Si/c1-7-13-35-81-61-49-31-23-19-27-45(49)41-53-57(61)67-73-65(53)75-71-60-56(44-48-30-22-26-34-52(48)64(60)84-38-16-10-4)70-78-68-58-54(42-46-28-20-24-32-50(46)62(58)82-36-14-8-2)66(74-68)76-72-59-55(43-47-29-21-25-33-51(47)63(59)83-37-15-9-3)69(77-67)79(72)87(80(70)71,85-39-17-11-5)86-40-18-12-6/h19-34,41-44,65-66,75H,7-18,35-40H2,1-6H3,(H,74,78)/b76-72+,77-69-. The quantitative estimate of drug-likeness (QED) is 0.0450. The first kappa shape index (κ1) is 56.6. The van der Waals surface area contributed by atoms with E-state index in [1.165, 1.54) is 0 Å². The van der Waals surface area contributed by atoms with Gasteiger partial charge in [-0.3, -0.25) is 8.47 Å². The minimum atomic E-state index is -4.51. The highest BCUT2D eigenvalue weighted by atomic mass is 28.4. The molecule has 0 fully saturated rings. The van der Waals surface area contributed by atoms with Gasteiger partial charge in [-0.15, -0.1) is 0 Å². The van der Waals surface area contributed by atoms with E-state index in [4.69, 9.17) is 47.8 Å². The molecule has 4 aliphatic heterocycles. The number of benzene rings is 8. The average molecular weight is 1180 g/mol. The van der Waals surface area contributed by atoms with Crippen molar-refractivity contribution in [1.29, 1.82) is 0 Å². The zero-order valence-electron chi connectivity index (χ0n) is 51.1. The Balaban J connectivity index is 1.26. The molecule has 2 aromatic heterocycles. The van der Waals surface area contributed by atoms with Gasteiger partial charge in [0.25, 0.3) is 0 Å². The number of ether oxygens (including phenoxy) is 4. The van der Waals surface area contributed by atoms with Crippen molar-refractivity contribution in [1.82, 2.24) is 13.8 Å². The molecular weight excluding hydrogens is 1100 g/mol. The zero-order chi connectivity index (χ0) is 59.2. The van der Waals surface area contributed by atoms with Crippen molar-refractivity contribution >= 4 is 96.8 Å². The molecule has 0 radical (unpaired) electrons. The molecule has 14 nitrogen and oxygen atoms in total. The Kier molecular flexibility index (Phi) is 15.7. The maximum Gasteiger partial charge on any atom is 0.603 e. The highest BCUT2D eigenvalue weighted by molar-refractivity contribution is 6.66. The first-order valence-electron chi connectivity index (χ1n) is 32.2. The Morgan fingerprint density at radius 1 is 0.414 bits per heavy atom. The van der Waals surface area contributed by atoms with E-state index in [0.717, 1.165) is 187 Å². The number of hydrogen-bond acceptors (Lipinski definition) is 12. The molecule has 0 saturated heterocycles. The van der Waals surface area contributed by atoms with Gasteiger partial charge in [-0.1, -0.05) is 177 Å². The molecule has 446 valence electrons. The van der Waals surface area contributed by atoms with Crippen molar-refractivity contribution in [3.63, 3.8) is 0 Å². The molecular formula is C72H78N8O6Si. The van der Waals surface area contributed by atoms with Crippen molar-refractivity contribution < 1.29 is 27.8 Å². The fraction of sp³-hybridized carbons (Fsp3) is 0.361. The number of amidine groups is 2. The summed E-state index contributed by atoms with van der Waals surface area (Å²) in [6.45, 7) is 16.0. The molecule has 0 aliphatic carbocycles. The summed E-state index contributed by atoms with van der Waals surface area (Å²) >= 11 is 0. The number of rotatable bonds is 24.